The van der Waals surface area contributed by atoms with Crippen LogP contribution in [0.25, 0.3) is 5.76 Å². The van der Waals surface area contributed by atoms with Gasteiger partial charge in [-0.1, -0.05) is 29.8 Å². The molecule has 29 heavy (non-hydrogen) atoms. The molecule has 0 unspecified atom stereocenters. The summed E-state index contributed by atoms with van der Waals surface area (Å²) >= 11 is 0. The minimum absolute atomic E-state index is 0.0859. The van der Waals surface area contributed by atoms with Crippen molar-refractivity contribution in [2.24, 2.45) is 0 Å². The number of aliphatic hydroxyl groups excluding tert-OH is 1. The minimum Gasteiger partial charge on any atom is -0.507 e. The molecule has 154 valence electrons. The first-order chi connectivity index (χ1) is 13.9. The predicted octanol–water partition coefficient (Wildman–Crippen LogP) is 2.24. The summed E-state index contributed by atoms with van der Waals surface area (Å²) < 4.78 is 5.79. The lowest BCUT2D eigenvalue weighted by atomic mass is 9.99. The second-order valence-electron chi connectivity index (χ2n) is 7.51. The Morgan fingerprint density at radius 1 is 1.07 bits per heavy atom. The van der Waals surface area contributed by atoms with Crippen molar-refractivity contribution < 1.29 is 24.0 Å². The third-order valence-corrected chi connectivity index (χ3v) is 5.60. The molecule has 3 rings (SSSR count). The van der Waals surface area contributed by atoms with Gasteiger partial charge in [-0.15, -0.1) is 0 Å². The maximum absolute atomic E-state index is 12.9. The van der Waals surface area contributed by atoms with E-state index in [4.69, 9.17) is 4.42 Å². The van der Waals surface area contributed by atoms with Crippen LogP contribution in [0.5, 0.6) is 0 Å². The Morgan fingerprint density at radius 2 is 1.72 bits per heavy atom. The van der Waals surface area contributed by atoms with Crippen LogP contribution in [-0.4, -0.2) is 47.9 Å². The van der Waals surface area contributed by atoms with Crippen molar-refractivity contribution in [3.8, 4) is 0 Å². The number of nitrogens with zero attached hydrogens (tertiary/aromatic N) is 1. The molecule has 1 fully saturated rings. The number of quaternary nitrogens is 1. The zero-order valence-corrected chi connectivity index (χ0v) is 17.5. The summed E-state index contributed by atoms with van der Waals surface area (Å²) in [5.74, 6) is -0.249. The number of carbonyl (C=O) groups is 2. The Kier molecular flexibility index (Phi) is 6.23. The smallest absolute Gasteiger partial charge is 0.295 e. The maximum atomic E-state index is 12.9. The molecular formula is C23H29N2O4+. The summed E-state index contributed by atoms with van der Waals surface area (Å²) in [6, 6.07) is 10.1. The lowest BCUT2D eigenvalue weighted by Crippen LogP contribution is -3.12. The molecule has 2 N–H and O–H groups in total. The van der Waals surface area contributed by atoms with E-state index in [0.717, 1.165) is 25.2 Å². The molecule has 1 aromatic heterocycles. The van der Waals surface area contributed by atoms with E-state index >= 15 is 0 Å². The van der Waals surface area contributed by atoms with E-state index in [-0.39, 0.29) is 11.3 Å². The minimum atomic E-state index is -0.722. The average molecular weight is 397 g/mol. The lowest BCUT2D eigenvalue weighted by molar-refractivity contribution is -0.895. The molecule has 1 atom stereocenters. The topological polar surface area (TPSA) is 75.2 Å². The number of likely N-dealkylation sites (N-methyl/N-ethyl adjacent to an activating group) is 1. The summed E-state index contributed by atoms with van der Waals surface area (Å²) in [5, 5.41) is 11.0. The van der Waals surface area contributed by atoms with Gasteiger partial charge in [-0.3, -0.25) is 9.59 Å². The SMILES string of the molecule is CC[NH+](CC)CCN1C(=O)C(=O)/C(=C(/O)c2ccc(C)cc2)[C@@H]1c1ccc(C)o1. The van der Waals surface area contributed by atoms with Crippen LogP contribution in [0.4, 0.5) is 0 Å². The fourth-order valence-electron chi connectivity index (χ4n) is 3.76. The lowest BCUT2D eigenvalue weighted by Gasteiger charge is -2.25. The molecule has 6 heteroatoms. The molecule has 0 bridgehead atoms. The van der Waals surface area contributed by atoms with E-state index in [9.17, 15) is 14.7 Å². The summed E-state index contributed by atoms with van der Waals surface area (Å²) in [6.07, 6.45) is 0. The second kappa shape index (κ2) is 8.66. The van der Waals surface area contributed by atoms with Crippen LogP contribution in [0.1, 0.15) is 42.5 Å². The number of nitrogens with one attached hydrogen (secondary N) is 1. The number of Topliss-reactive ketones (excluding diaryl/α,β-unsaturated/α-hetero) is 1. The Labute approximate surface area is 171 Å². The Balaban J connectivity index is 2.06. The molecule has 0 spiro atoms. The Bertz CT molecular complexity index is 923. The monoisotopic (exact) mass is 397 g/mol. The zero-order chi connectivity index (χ0) is 21.1. The van der Waals surface area contributed by atoms with Crippen LogP contribution in [0.3, 0.4) is 0 Å². The molecule has 2 heterocycles. The van der Waals surface area contributed by atoms with Crippen LogP contribution in [-0.2, 0) is 9.59 Å². The fraction of sp³-hybridized carbons (Fsp3) is 0.391. The molecule has 1 aliphatic heterocycles. The van der Waals surface area contributed by atoms with E-state index in [0.29, 0.717) is 23.6 Å². The molecule has 2 aromatic rings. The van der Waals surface area contributed by atoms with Crippen molar-refractivity contribution in [3.63, 3.8) is 0 Å². The number of hydrogen-bond donors (Lipinski definition) is 2. The number of hydrogen-bond acceptors (Lipinski definition) is 4. The number of amides is 1. The van der Waals surface area contributed by atoms with Crippen molar-refractivity contribution >= 4 is 17.4 Å². The van der Waals surface area contributed by atoms with E-state index in [1.54, 1.807) is 24.3 Å². The van der Waals surface area contributed by atoms with Crippen molar-refractivity contribution in [1.29, 1.82) is 0 Å². The number of furan rings is 1. The highest BCUT2D eigenvalue weighted by Gasteiger charge is 2.47. The van der Waals surface area contributed by atoms with Gasteiger partial charge < -0.3 is 19.3 Å². The third-order valence-electron chi connectivity index (χ3n) is 5.60. The molecular weight excluding hydrogens is 368 g/mol. The predicted molar refractivity (Wildman–Crippen MR) is 111 cm³/mol. The highest BCUT2D eigenvalue weighted by atomic mass is 16.3. The third kappa shape index (κ3) is 4.12. The quantitative estimate of drug-likeness (QED) is 0.427. The first-order valence-corrected chi connectivity index (χ1v) is 10.1. The number of likely N-dealkylation sites (tertiary alicyclic amines) is 1. The highest BCUT2D eigenvalue weighted by molar-refractivity contribution is 6.46. The van der Waals surface area contributed by atoms with Crippen LogP contribution in [0.2, 0.25) is 0 Å². The van der Waals surface area contributed by atoms with E-state index in [2.05, 4.69) is 13.8 Å². The fourth-order valence-corrected chi connectivity index (χ4v) is 3.76. The summed E-state index contributed by atoms with van der Waals surface area (Å²) in [6.45, 7) is 11.0. The van der Waals surface area contributed by atoms with Gasteiger partial charge >= 0.3 is 0 Å². The molecule has 1 aliphatic rings. The number of carbonyl (C=O) groups excluding carboxylic acids is 2. The van der Waals surface area contributed by atoms with E-state index < -0.39 is 17.7 Å². The van der Waals surface area contributed by atoms with Gasteiger partial charge in [0, 0.05) is 5.56 Å². The van der Waals surface area contributed by atoms with Gasteiger partial charge in [0.15, 0.2) is 0 Å². The zero-order valence-electron chi connectivity index (χ0n) is 17.5. The molecule has 1 saturated heterocycles. The van der Waals surface area contributed by atoms with Crippen LogP contribution in [0, 0.1) is 13.8 Å². The largest absolute Gasteiger partial charge is 0.507 e. The maximum Gasteiger partial charge on any atom is 0.295 e. The van der Waals surface area contributed by atoms with E-state index in [1.165, 1.54) is 9.80 Å². The van der Waals surface area contributed by atoms with Crippen molar-refractivity contribution in [3.05, 3.63) is 64.6 Å². The number of aliphatic hydroxyl groups is 1. The molecule has 0 radical (unpaired) electrons. The molecule has 0 saturated carbocycles. The first kappa shape index (κ1) is 20.9. The number of benzene rings is 1. The van der Waals surface area contributed by atoms with Crippen LogP contribution >= 0.6 is 0 Å². The normalized spacial score (nSPS) is 18.8. The summed E-state index contributed by atoms with van der Waals surface area (Å²) in [7, 11) is 0. The van der Waals surface area contributed by atoms with Gasteiger partial charge in [0.25, 0.3) is 11.7 Å². The first-order valence-electron chi connectivity index (χ1n) is 10.1. The van der Waals surface area contributed by atoms with Crippen LogP contribution < -0.4 is 4.90 Å². The molecule has 0 aliphatic carbocycles. The molecule has 6 nitrogen and oxygen atoms in total. The second-order valence-corrected chi connectivity index (χ2v) is 7.51. The van der Waals surface area contributed by atoms with Gasteiger partial charge in [-0.2, -0.15) is 0 Å². The van der Waals surface area contributed by atoms with Crippen molar-refractivity contribution in [2.45, 2.75) is 33.7 Å². The average Bonchev–Trinajstić information content (AvgIpc) is 3.24. The molecule has 1 aromatic carbocycles. The summed E-state index contributed by atoms with van der Waals surface area (Å²) in [5.41, 5.74) is 1.64. The van der Waals surface area contributed by atoms with Crippen LogP contribution in [0.15, 0.2) is 46.4 Å². The number of aryl methyl sites for hydroxylation is 2. The number of ketones is 1. The van der Waals surface area contributed by atoms with Crippen molar-refractivity contribution in [1.82, 2.24) is 4.90 Å². The Hall–Kier alpha value is -2.86. The van der Waals surface area contributed by atoms with Gasteiger partial charge in [-0.05, 0) is 39.8 Å². The Morgan fingerprint density at radius 3 is 2.28 bits per heavy atom. The van der Waals surface area contributed by atoms with Gasteiger partial charge in [0.2, 0.25) is 0 Å². The van der Waals surface area contributed by atoms with Gasteiger partial charge in [-0.25, -0.2) is 0 Å². The van der Waals surface area contributed by atoms with Gasteiger partial charge in [0.05, 0.1) is 31.8 Å². The standard InChI is InChI=1S/C23H28N2O4/c1-5-24(6-2)13-14-25-20(18-12-9-16(4)29-18)19(22(27)23(25)28)21(26)17-10-7-15(3)8-11-17/h7-12,20,26H,5-6,13-14H2,1-4H3/p+1/b21-19+/t20-/m0/s1. The van der Waals surface area contributed by atoms with Gasteiger partial charge in [0.1, 0.15) is 23.3 Å². The molecule has 1 amide bonds. The van der Waals surface area contributed by atoms with Crippen molar-refractivity contribution in [2.75, 3.05) is 26.2 Å². The van der Waals surface area contributed by atoms with E-state index in [1.807, 2.05) is 26.0 Å². The highest BCUT2D eigenvalue weighted by Crippen LogP contribution is 2.39. The number of rotatable bonds is 7. The summed E-state index contributed by atoms with van der Waals surface area (Å²) in [4.78, 5) is 28.6.